The lowest BCUT2D eigenvalue weighted by Crippen LogP contribution is -2.18. The van der Waals surface area contributed by atoms with Gasteiger partial charge in [0, 0.05) is 0 Å². The van der Waals surface area contributed by atoms with Crippen LogP contribution in [0.25, 0.3) is 0 Å². The molecule has 14 heavy (non-hydrogen) atoms. The molecule has 0 aromatic heterocycles. The standard InChI is InChI=1S/C10H23N.CHNS/c1-4-5-6-7-9(2)10(3)8-11;2-1-3/h9-10H,4-8,11H2,1-3H3;3H. The summed E-state index contributed by atoms with van der Waals surface area (Å²) in [6.07, 6.45) is 5.43. The van der Waals surface area contributed by atoms with Crippen LogP contribution in [0.15, 0.2) is 0 Å². The quantitative estimate of drug-likeness (QED) is 0.407. The van der Waals surface area contributed by atoms with Crippen molar-refractivity contribution in [1.82, 2.24) is 0 Å². The minimum Gasteiger partial charge on any atom is -0.330 e. The van der Waals surface area contributed by atoms with Gasteiger partial charge in [-0.05, 0) is 18.4 Å². The van der Waals surface area contributed by atoms with E-state index in [2.05, 4.69) is 33.4 Å². The van der Waals surface area contributed by atoms with Crippen molar-refractivity contribution >= 4 is 12.6 Å². The Labute approximate surface area is 94.3 Å². The Hall–Kier alpha value is -0.200. The van der Waals surface area contributed by atoms with Crippen LogP contribution in [0.1, 0.15) is 46.5 Å². The third-order valence-electron chi connectivity index (χ3n) is 2.61. The molecule has 0 spiro atoms. The van der Waals surface area contributed by atoms with Gasteiger partial charge in [0.1, 0.15) is 5.40 Å². The summed E-state index contributed by atoms with van der Waals surface area (Å²) in [4.78, 5) is 0. The monoisotopic (exact) mass is 216 g/mol. The van der Waals surface area contributed by atoms with Crippen molar-refractivity contribution in [3.63, 3.8) is 0 Å². The molecule has 3 heteroatoms. The van der Waals surface area contributed by atoms with Crippen molar-refractivity contribution in [3.8, 4) is 5.40 Å². The largest absolute Gasteiger partial charge is 0.330 e. The summed E-state index contributed by atoms with van der Waals surface area (Å²) in [5, 5.41) is 8.63. The highest BCUT2D eigenvalue weighted by Crippen LogP contribution is 2.16. The summed E-state index contributed by atoms with van der Waals surface area (Å²) in [5.74, 6) is 1.51. The number of thiol groups is 1. The van der Waals surface area contributed by atoms with Crippen molar-refractivity contribution in [2.24, 2.45) is 17.6 Å². The van der Waals surface area contributed by atoms with Crippen molar-refractivity contribution in [3.05, 3.63) is 0 Å². The molecule has 0 saturated heterocycles. The van der Waals surface area contributed by atoms with E-state index in [1.54, 1.807) is 0 Å². The minimum atomic E-state index is 0.701. The Bertz CT molecular complexity index is 143. The average molecular weight is 216 g/mol. The first kappa shape index (κ1) is 16.2. The molecule has 0 aromatic carbocycles. The number of nitriles is 1. The summed E-state index contributed by atoms with van der Waals surface area (Å²) in [5.41, 5.74) is 5.58. The summed E-state index contributed by atoms with van der Waals surface area (Å²) >= 11 is 3.09. The maximum Gasteiger partial charge on any atom is 0.130 e. The maximum atomic E-state index is 7.18. The highest BCUT2D eigenvalue weighted by molar-refractivity contribution is 7.85. The number of hydrogen-bond donors (Lipinski definition) is 2. The van der Waals surface area contributed by atoms with Crippen molar-refractivity contribution < 1.29 is 0 Å². The van der Waals surface area contributed by atoms with E-state index < -0.39 is 0 Å². The second kappa shape index (κ2) is 12.8. The molecule has 0 aromatic rings. The Morgan fingerprint density at radius 2 is 1.79 bits per heavy atom. The third-order valence-corrected chi connectivity index (χ3v) is 2.61. The molecule has 0 radical (unpaired) electrons. The molecule has 2 atom stereocenters. The van der Waals surface area contributed by atoms with E-state index in [0.29, 0.717) is 5.92 Å². The van der Waals surface area contributed by atoms with Crippen LogP contribution in [0.5, 0.6) is 0 Å². The molecule has 0 saturated carbocycles. The fourth-order valence-corrected chi connectivity index (χ4v) is 1.23. The van der Waals surface area contributed by atoms with Gasteiger partial charge in [0.2, 0.25) is 0 Å². The van der Waals surface area contributed by atoms with Gasteiger partial charge in [0.05, 0.1) is 0 Å². The van der Waals surface area contributed by atoms with E-state index in [9.17, 15) is 0 Å². The lowest BCUT2D eigenvalue weighted by molar-refractivity contribution is 0.359. The number of rotatable bonds is 6. The Morgan fingerprint density at radius 3 is 2.14 bits per heavy atom. The minimum absolute atomic E-state index is 0.701. The first-order chi connectivity index (χ1) is 6.63. The molecule has 0 aliphatic heterocycles. The number of thiocyanates is 1. The zero-order chi connectivity index (χ0) is 11.4. The van der Waals surface area contributed by atoms with Gasteiger partial charge in [-0.2, -0.15) is 5.26 Å². The fraction of sp³-hybridized carbons (Fsp3) is 0.909. The van der Waals surface area contributed by atoms with Crippen LogP contribution in [0.2, 0.25) is 0 Å². The smallest absolute Gasteiger partial charge is 0.130 e. The van der Waals surface area contributed by atoms with Crippen LogP contribution < -0.4 is 5.73 Å². The first-order valence-electron chi connectivity index (χ1n) is 5.37. The van der Waals surface area contributed by atoms with Crippen molar-refractivity contribution in [2.75, 3.05) is 6.54 Å². The zero-order valence-electron chi connectivity index (χ0n) is 9.66. The molecule has 0 bridgehead atoms. The molecule has 2 unspecified atom stereocenters. The van der Waals surface area contributed by atoms with E-state index in [-0.39, 0.29) is 0 Å². The molecule has 2 nitrogen and oxygen atoms in total. The van der Waals surface area contributed by atoms with Gasteiger partial charge >= 0.3 is 0 Å². The topological polar surface area (TPSA) is 49.8 Å². The van der Waals surface area contributed by atoms with Crippen molar-refractivity contribution in [2.45, 2.75) is 46.5 Å². The van der Waals surface area contributed by atoms with Crippen LogP contribution >= 0.6 is 12.6 Å². The molecule has 0 fully saturated rings. The van der Waals surface area contributed by atoms with Crippen LogP contribution in [0.3, 0.4) is 0 Å². The number of unbranched alkanes of at least 4 members (excludes halogenated alkanes) is 2. The van der Waals surface area contributed by atoms with Crippen molar-refractivity contribution in [1.29, 1.82) is 5.26 Å². The highest BCUT2D eigenvalue weighted by Gasteiger charge is 2.08. The summed E-state index contributed by atoms with van der Waals surface area (Å²) in [6, 6.07) is 0. The first-order valence-corrected chi connectivity index (χ1v) is 5.81. The van der Waals surface area contributed by atoms with Gasteiger partial charge in [-0.3, -0.25) is 0 Å². The molecule has 0 rings (SSSR count). The second-order valence-corrected chi connectivity index (χ2v) is 3.99. The van der Waals surface area contributed by atoms with E-state index in [4.69, 9.17) is 11.0 Å². The normalized spacial score (nSPS) is 13.4. The van der Waals surface area contributed by atoms with Gasteiger partial charge in [0.15, 0.2) is 0 Å². The number of hydrogen-bond acceptors (Lipinski definition) is 3. The van der Waals surface area contributed by atoms with Gasteiger partial charge in [0.25, 0.3) is 0 Å². The lowest BCUT2D eigenvalue weighted by atomic mass is 9.91. The molecule has 2 N–H and O–H groups in total. The highest BCUT2D eigenvalue weighted by atomic mass is 32.1. The van der Waals surface area contributed by atoms with Gasteiger partial charge in [-0.25, -0.2) is 0 Å². The summed E-state index contributed by atoms with van der Waals surface area (Å²) in [6.45, 7) is 7.65. The SMILES string of the molecule is CCCCCC(C)C(C)CN.N#CS. The number of nitrogens with two attached hydrogens (primary N) is 1. The van der Waals surface area contributed by atoms with Gasteiger partial charge in [-0.15, -0.1) is 0 Å². The van der Waals surface area contributed by atoms with Crippen LogP contribution in [0, 0.1) is 22.5 Å². The van der Waals surface area contributed by atoms with Gasteiger partial charge < -0.3 is 5.73 Å². The molecular weight excluding hydrogens is 192 g/mol. The zero-order valence-corrected chi connectivity index (χ0v) is 10.6. The Balaban J connectivity index is 0. The van der Waals surface area contributed by atoms with Crippen LogP contribution in [0.4, 0.5) is 0 Å². The molecule has 0 aliphatic carbocycles. The molecule has 84 valence electrons. The van der Waals surface area contributed by atoms with E-state index >= 15 is 0 Å². The lowest BCUT2D eigenvalue weighted by Gasteiger charge is -2.17. The molecule has 0 amide bonds. The maximum absolute atomic E-state index is 7.18. The Morgan fingerprint density at radius 1 is 1.29 bits per heavy atom. The predicted molar refractivity (Wildman–Crippen MR) is 66.1 cm³/mol. The average Bonchev–Trinajstić information content (AvgIpc) is 2.18. The summed E-state index contributed by atoms with van der Waals surface area (Å²) < 4.78 is 0. The van der Waals surface area contributed by atoms with Crippen LogP contribution in [-0.4, -0.2) is 6.54 Å². The fourth-order valence-electron chi connectivity index (χ4n) is 1.23. The van der Waals surface area contributed by atoms with E-state index in [1.165, 1.54) is 31.1 Å². The third kappa shape index (κ3) is 11.8. The summed E-state index contributed by atoms with van der Waals surface area (Å²) in [7, 11) is 0. The Kier molecular flexibility index (Phi) is 14.8. The molecular formula is C11H24N2S. The molecule has 0 heterocycles. The van der Waals surface area contributed by atoms with Gasteiger partial charge in [-0.1, -0.05) is 59.1 Å². The van der Waals surface area contributed by atoms with Crippen LogP contribution in [-0.2, 0) is 0 Å². The van der Waals surface area contributed by atoms with E-state index in [0.717, 1.165) is 12.5 Å². The predicted octanol–water partition coefficient (Wildman–Crippen LogP) is 3.19. The second-order valence-electron chi connectivity index (χ2n) is 3.79. The van der Waals surface area contributed by atoms with E-state index in [1.807, 2.05) is 0 Å². The molecule has 0 aliphatic rings. The number of nitrogens with zero attached hydrogens (tertiary/aromatic N) is 1.